The Hall–Kier alpha value is -2.19. The van der Waals surface area contributed by atoms with E-state index < -0.39 is 14.6 Å². The van der Waals surface area contributed by atoms with Crippen molar-refractivity contribution < 1.29 is 13.2 Å². The Morgan fingerprint density at radius 1 is 1.17 bits per heavy atom. The molecule has 1 aromatic carbocycles. The summed E-state index contributed by atoms with van der Waals surface area (Å²) in [4.78, 5) is 17.2. The van der Waals surface area contributed by atoms with Crippen LogP contribution in [0.3, 0.4) is 0 Å². The van der Waals surface area contributed by atoms with E-state index in [9.17, 15) is 13.2 Å². The molecule has 0 bridgehead atoms. The molecule has 3 fully saturated rings. The zero-order valence-electron chi connectivity index (χ0n) is 16.4. The molecule has 29 heavy (non-hydrogen) atoms. The summed E-state index contributed by atoms with van der Waals surface area (Å²) in [5.41, 5.74) is 2.07. The number of H-pyrrole nitrogens is 1. The summed E-state index contributed by atoms with van der Waals surface area (Å²) in [5.74, 6) is 0.215. The zero-order valence-corrected chi connectivity index (χ0v) is 17.2. The highest BCUT2D eigenvalue weighted by molar-refractivity contribution is 7.93. The third kappa shape index (κ3) is 3.00. The summed E-state index contributed by atoms with van der Waals surface area (Å²) in [7, 11) is -3.18. The molecule has 1 aromatic heterocycles. The van der Waals surface area contributed by atoms with Gasteiger partial charge < -0.3 is 9.80 Å². The first kappa shape index (κ1) is 18.8. The quantitative estimate of drug-likeness (QED) is 0.825. The lowest BCUT2D eigenvalue weighted by molar-refractivity contribution is 0.0433. The molecule has 2 aromatic rings. The molecule has 4 heterocycles. The third-order valence-corrected chi connectivity index (χ3v) is 9.52. The number of rotatable bonds is 4. The Kier molecular flexibility index (Phi) is 4.51. The van der Waals surface area contributed by atoms with Gasteiger partial charge in [-0.05, 0) is 38.3 Å². The molecule has 7 nitrogen and oxygen atoms in total. The van der Waals surface area contributed by atoms with Gasteiger partial charge in [-0.3, -0.25) is 9.89 Å². The number of benzene rings is 1. The Balaban J connectivity index is 1.35. The van der Waals surface area contributed by atoms with Gasteiger partial charge in [0, 0.05) is 25.2 Å². The first-order valence-corrected chi connectivity index (χ1v) is 12.0. The predicted molar refractivity (Wildman–Crippen MR) is 110 cm³/mol. The SMILES string of the molecule is O=C(c1cn[nH]c1-c1ccccc1)N1CC2(C1)C(CN1CCCC1)CCS2(=O)=O. The number of nitrogens with zero attached hydrogens (tertiary/aromatic N) is 3. The largest absolute Gasteiger partial charge is 0.335 e. The summed E-state index contributed by atoms with van der Waals surface area (Å²) in [6, 6.07) is 9.60. The number of carbonyl (C=O) groups excluding carboxylic acids is 1. The molecule has 3 aliphatic heterocycles. The van der Waals surface area contributed by atoms with Gasteiger partial charge in [0.25, 0.3) is 5.91 Å². The molecule has 5 rings (SSSR count). The summed E-state index contributed by atoms with van der Waals surface area (Å²) < 4.78 is 25.1. The zero-order chi connectivity index (χ0) is 20.1. The lowest BCUT2D eigenvalue weighted by Gasteiger charge is -2.50. The Labute approximate surface area is 171 Å². The van der Waals surface area contributed by atoms with Crippen molar-refractivity contribution in [3.63, 3.8) is 0 Å². The van der Waals surface area contributed by atoms with E-state index in [0.29, 0.717) is 30.8 Å². The van der Waals surface area contributed by atoms with Crippen LogP contribution in [0.1, 0.15) is 29.6 Å². The number of aromatic nitrogens is 2. The topological polar surface area (TPSA) is 86.4 Å². The number of nitrogens with one attached hydrogen (secondary N) is 1. The van der Waals surface area contributed by atoms with Gasteiger partial charge in [-0.15, -0.1) is 0 Å². The van der Waals surface area contributed by atoms with Crippen molar-refractivity contribution in [2.75, 3.05) is 38.5 Å². The van der Waals surface area contributed by atoms with Crippen LogP contribution in [0.15, 0.2) is 36.5 Å². The van der Waals surface area contributed by atoms with E-state index in [1.807, 2.05) is 30.3 Å². The average Bonchev–Trinajstić information content (AvgIpc) is 3.41. The van der Waals surface area contributed by atoms with Crippen LogP contribution in [0.2, 0.25) is 0 Å². The minimum Gasteiger partial charge on any atom is -0.335 e. The van der Waals surface area contributed by atoms with Crippen LogP contribution in [0.5, 0.6) is 0 Å². The summed E-state index contributed by atoms with van der Waals surface area (Å²) in [6.45, 7) is 3.55. The van der Waals surface area contributed by atoms with Gasteiger partial charge in [-0.25, -0.2) is 8.42 Å². The van der Waals surface area contributed by atoms with E-state index in [1.165, 1.54) is 12.8 Å². The molecule has 1 unspecified atom stereocenters. The van der Waals surface area contributed by atoms with E-state index >= 15 is 0 Å². The standard InChI is InChI=1S/C21H26N4O3S/c26-20(18-12-22-23-19(18)16-6-2-1-3-7-16)25-14-21(15-25)17(8-11-29(21,27)28)13-24-9-4-5-10-24/h1-3,6-7,12,17H,4-5,8-11,13-15H2,(H,22,23). The minimum atomic E-state index is -3.18. The number of aromatic amines is 1. The first-order chi connectivity index (χ1) is 14.0. The second kappa shape index (κ2) is 6.95. The van der Waals surface area contributed by atoms with Crippen LogP contribution in [-0.2, 0) is 9.84 Å². The number of hydrogen-bond acceptors (Lipinski definition) is 5. The van der Waals surface area contributed by atoms with Crippen molar-refractivity contribution in [1.82, 2.24) is 20.0 Å². The Bertz CT molecular complexity index is 1010. The second-order valence-corrected chi connectivity index (χ2v) is 11.0. The molecular weight excluding hydrogens is 388 g/mol. The highest BCUT2D eigenvalue weighted by Gasteiger charge is 2.62. The lowest BCUT2D eigenvalue weighted by atomic mass is 9.82. The molecule has 8 heteroatoms. The lowest BCUT2D eigenvalue weighted by Crippen LogP contribution is -2.69. The Morgan fingerprint density at radius 3 is 2.62 bits per heavy atom. The normalized spacial score (nSPS) is 25.4. The molecule has 0 aliphatic carbocycles. The van der Waals surface area contributed by atoms with Crippen LogP contribution in [0, 0.1) is 5.92 Å². The van der Waals surface area contributed by atoms with E-state index in [-0.39, 0.29) is 17.6 Å². The molecular formula is C21H26N4O3S. The van der Waals surface area contributed by atoms with E-state index in [2.05, 4.69) is 15.1 Å². The van der Waals surface area contributed by atoms with Gasteiger partial charge in [0.1, 0.15) is 4.75 Å². The first-order valence-electron chi connectivity index (χ1n) is 10.3. The Morgan fingerprint density at radius 2 is 1.90 bits per heavy atom. The van der Waals surface area contributed by atoms with Gasteiger partial charge in [-0.1, -0.05) is 30.3 Å². The van der Waals surface area contributed by atoms with Crippen LogP contribution < -0.4 is 0 Å². The van der Waals surface area contributed by atoms with Crippen molar-refractivity contribution in [3.05, 3.63) is 42.1 Å². The van der Waals surface area contributed by atoms with Crippen LogP contribution in [-0.4, -0.2) is 77.5 Å². The molecule has 154 valence electrons. The maximum Gasteiger partial charge on any atom is 0.257 e. The predicted octanol–water partition coefficient (Wildman–Crippen LogP) is 1.80. The van der Waals surface area contributed by atoms with Gasteiger partial charge in [0.2, 0.25) is 0 Å². The molecule has 1 amide bonds. The van der Waals surface area contributed by atoms with Crippen molar-refractivity contribution in [1.29, 1.82) is 0 Å². The fraction of sp³-hybridized carbons (Fsp3) is 0.524. The van der Waals surface area contributed by atoms with Gasteiger partial charge in [0.05, 0.1) is 23.2 Å². The maximum atomic E-state index is 13.1. The van der Waals surface area contributed by atoms with Crippen molar-refractivity contribution >= 4 is 15.7 Å². The van der Waals surface area contributed by atoms with Gasteiger partial charge in [0.15, 0.2) is 9.84 Å². The molecule has 0 saturated carbocycles. The van der Waals surface area contributed by atoms with E-state index in [0.717, 1.165) is 25.2 Å². The highest BCUT2D eigenvalue weighted by atomic mass is 32.2. The fourth-order valence-corrected chi connectivity index (χ4v) is 7.60. The maximum absolute atomic E-state index is 13.1. The average molecular weight is 415 g/mol. The second-order valence-electron chi connectivity index (χ2n) is 8.56. The highest BCUT2D eigenvalue weighted by Crippen LogP contribution is 2.46. The minimum absolute atomic E-state index is 0.118. The molecule has 0 radical (unpaired) electrons. The van der Waals surface area contributed by atoms with Crippen LogP contribution in [0.4, 0.5) is 0 Å². The number of sulfone groups is 1. The van der Waals surface area contributed by atoms with Crippen molar-refractivity contribution in [2.45, 2.75) is 24.0 Å². The molecule has 1 N–H and O–H groups in total. The summed E-state index contributed by atoms with van der Waals surface area (Å²) in [5, 5.41) is 6.98. The molecule has 1 spiro atoms. The van der Waals surface area contributed by atoms with Crippen molar-refractivity contribution in [3.8, 4) is 11.3 Å². The molecule has 3 saturated heterocycles. The van der Waals surface area contributed by atoms with E-state index in [1.54, 1.807) is 11.1 Å². The summed E-state index contributed by atoms with van der Waals surface area (Å²) >= 11 is 0. The van der Waals surface area contributed by atoms with Crippen LogP contribution in [0.25, 0.3) is 11.3 Å². The van der Waals surface area contributed by atoms with Crippen LogP contribution >= 0.6 is 0 Å². The number of amides is 1. The van der Waals surface area contributed by atoms with Gasteiger partial charge >= 0.3 is 0 Å². The molecule has 1 atom stereocenters. The monoisotopic (exact) mass is 414 g/mol. The number of likely N-dealkylation sites (tertiary alicyclic amines) is 2. The summed E-state index contributed by atoms with van der Waals surface area (Å²) in [6.07, 6.45) is 4.64. The smallest absolute Gasteiger partial charge is 0.257 e. The number of hydrogen-bond donors (Lipinski definition) is 1. The fourth-order valence-electron chi connectivity index (χ4n) is 5.19. The van der Waals surface area contributed by atoms with Gasteiger partial charge in [-0.2, -0.15) is 5.10 Å². The molecule has 3 aliphatic rings. The van der Waals surface area contributed by atoms with E-state index in [4.69, 9.17) is 0 Å². The third-order valence-electron chi connectivity index (χ3n) is 6.91. The van der Waals surface area contributed by atoms with Crippen molar-refractivity contribution in [2.24, 2.45) is 5.92 Å². The number of carbonyl (C=O) groups is 1.